The van der Waals surface area contributed by atoms with Gasteiger partial charge in [-0.2, -0.15) is 0 Å². The van der Waals surface area contributed by atoms with Crippen molar-refractivity contribution in [2.24, 2.45) is 58.2 Å². The maximum Gasteiger partial charge on any atom is 0.322 e. The number of amides is 1. The summed E-state index contributed by atoms with van der Waals surface area (Å²) >= 11 is 0. The van der Waals surface area contributed by atoms with Crippen LogP contribution in [0.15, 0.2) is 0 Å². The average molecular weight is 506 g/mol. The number of aliphatic hydroxyl groups excluding tert-OH is 1. The zero-order valence-corrected chi connectivity index (χ0v) is 23.4. The highest BCUT2D eigenvalue weighted by molar-refractivity contribution is 5.82. The van der Waals surface area contributed by atoms with Crippen LogP contribution in [0.2, 0.25) is 0 Å². The number of carbonyl (C=O) groups is 2. The molecular formula is C30H51NO5. The zero-order chi connectivity index (χ0) is 26.6. The Morgan fingerprint density at radius 1 is 0.972 bits per heavy atom. The number of carbonyl (C=O) groups excluding carboxylic acids is 1. The standard InChI is InChI=1S/C30H51NO5/c1-7-20-24-15-19(32)10-12-29(24,5)23-11-13-28(4)21(8-9-22(28)26(23)30(20,6)36)17(2)14-18(3)27(35)31-16-25(33)34/h17-24,26,32,36H,7-16H2,1-6H3,(H,31,35)(H,33,34)/t17-,18?,19+,20+,21+,22?,23?,24-,26?,28+,29+,30+/m0/s1. The van der Waals surface area contributed by atoms with Gasteiger partial charge < -0.3 is 20.6 Å². The molecule has 4 rings (SSSR count). The van der Waals surface area contributed by atoms with Crippen molar-refractivity contribution < 1.29 is 24.9 Å². The molecule has 0 spiro atoms. The summed E-state index contributed by atoms with van der Waals surface area (Å²) < 4.78 is 0. The number of carboxylic acids is 1. The van der Waals surface area contributed by atoms with Crippen molar-refractivity contribution in [2.75, 3.05) is 6.54 Å². The van der Waals surface area contributed by atoms with E-state index in [-0.39, 0.29) is 47.1 Å². The predicted molar refractivity (Wildman–Crippen MR) is 140 cm³/mol. The molecule has 0 bridgehead atoms. The van der Waals surface area contributed by atoms with E-state index in [0.29, 0.717) is 29.6 Å². The Labute approximate surface area is 218 Å². The van der Waals surface area contributed by atoms with Gasteiger partial charge in [0.25, 0.3) is 0 Å². The molecule has 36 heavy (non-hydrogen) atoms. The van der Waals surface area contributed by atoms with Crippen molar-refractivity contribution in [3.63, 3.8) is 0 Å². The van der Waals surface area contributed by atoms with Crippen LogP contribution in [0.4, 0.5) is 0 Å². The molecule has 1 amide bonds. The van der Waals surface area contributed by atoms with E-state index in [1.54, 1.807) is 0 Å². The van der Waals surface area contributed by atoms with Crippen LogP contribution < -0.4 is 5.32 Å². The Morgan fingerprint density at radius 2 is 1.61 bits per heavy atom. The molecule has 206 valence electrons. The number of aliphatic hydroxyl groups is 2. The lowest BCUT2D eigenvalue weighted by Gasteiger charge is -2.68. The van der Waals surface area contributed by atoms with Gasteiger partial charge in [-0.25, -0.2) is 0 Å². The summed E-state index contributed by atoms with van der Waals surface area (Å²) in [7, 11) is 0. The maximum atomic E-state index is 12.5. The minimum Gasteiger partial charge on any atom is -0.480 e. The van der Waals surface area contributed by atoms with Gasteiger partial charge in [0.1, 0.15) is 6.54 Å². The number of fused-ring (bicyclic) bond motifs is 5. The fraction of sp³-hybridized carbons (Fsp3) is 0.933. The van der Waals surface area contributed by atoms with Crippen molar-refractivity contribution in [3.8, 4) is 0 Å². The number of nitrogens with one attached hydrogen (secondary N) is 1. The first-order valence-corrected chi connectivity index (χ1v) is 14.7. The molecule has 6 nitrogen and oxygen atoms in total. The third kappa shape index (κ3) is 4.42. The third-order valence-electron chi connectivity index (χ3n) is 12.2. The summed E-state index contributed by atoms with van der Waals surface area (Å²) in [4.78, 5) is 23.3. The number of rotatable bonds is 7. The molecule has 0 saturated heterocycles. The molecule has 6 heteroatoms. The highest BCUT2D eigenvalue weighted by atomic mass is 16.4. The molecule has 12 atom stereocenters. The lowest BCUT2D eigenvalue weighted by Crippen LogP contribution is -2.66. The highest BCUT2D eigenvalue weighted by Gasteiger charge is 2.68. The molecule has 0 radical (unpaired) electrons. The van der Waals surface area contributed by atoms with Crippen LogP contribution in [-0.2, 0) is 9.59 Å². The number of hydrogen-bond acceptors (Lipinski definition) is 4. The number of hydrogen-bond donors (Lipinski definition) is 4. The van der Waals surface area contributed by atoms with Crippen molar-refractivity contribution in [1.82, 2.24) is 5.32 Å². The fourth-order valence-electron chi connectivity index (χ4n) is 10.6. The first kappa shape index (κ1) is 27.9. The van der Waals surface area contributed by atoms with Crippen molar-refractivity contribution in [2.45, 2.75) is 111 Å². The van der Waals surface area contributed by atoms with E-state index >= 15 is 0 Å². The molecule has 4 fully saturated rings. The zero-order valence-electron chi connectivity index (χ0n) is 23.4. The molecule has 0 aliphatic heterocycles. The SMILES string of the molecule is CC[C@@H]1[C@@H]2C[C@H](O)CC[C@]2(C)C2CC[C@@]3(C)C(CC[C@@H]3[C@@H](C)CC(C)C(=O)NCC(=O)O)C2[C@]1(C)O. The van der Waals surface area contributed by atoms with Gasteiger partial charge in [-0.3, -0.25) is 9.59 Å². The summed E-state index contributed by atoms with van der Waals surface area (Å²) in [6.07, 6.45) is 8.87. The maximum absolute atomic E-state index is 12.5. The Bertz CT molecular complexity index is 843. The summed E-state index contributed by atoms with van der Waals surface area (Å²) in [5.41, 5.74) is -0.388. The van der Waals surface area contributed by atoms with E-state index in [1.165, 1.54) is 6.42 Å². The van der Waals surface area contributed by atoms with E-state index in [4.69, 9.17) is 5.11 Å². The van der Waals surface area contributed by atoms with Crippen LogP contribution in [0.1, 0.15) is 99.3 Å². The molecule has 0 aromatic heterocycles. The lowest BCUT2D eigenvalue weighted by molar-refractivity contribution is -0.245. The molecule has 0 heterocycles. The third-order valence-corrected chi connectivity index (χ3v) is 12.2. The van der Waals surface area contributed by atoms with E-state index in [0.717, 1.165) is 51.4 Å². The average Bonchev–Trinajstić information content (AvgIpc) is 3.15. The topological polar surface area (TPSA) is 107 Å². The molecule has 4 aliphatic carbocycles. The Morgan fingerprint density at radius 3 is 2.25 bits per heavy atom. The van der Waals surface area contributed by atoms with E-state index in [2.05, 4.69) is 39.9 Å². The predicted octanol–water partition coefficient (Wildman–Crippen LogP) is 4.87. The van der Waals surface area contributed by atoms with Gasteiger partial charge in [-0.1, -0.05) is 41.0 Å². The normalized spacial score (nSPS) is 47.7. The van der Waals surface area contributed by atoms with Crippen molar-refractivity contribution >= 4 is 11.9 Å². The monoisotopic (exact) mass is 505 g/mol. The quantitative estimate of drug-likeness (QED) is 0.395. The molecule has 0 aromatic rings. The Kier molecular flexibility index (Phi) is 7.65. The van der Waals surface area contributed by atoms with Gasteiger partial charge in [0.05, 0.1) is 11.7 Å². The summed E-state index contributed by atoms with van der Waals surface area (Å²) in [5, 5.41) is 34.3. The van der Waals surface area contributed by atoms with Gasteiger partial charge in [-0.15, -0.1) is 0 Å². The summed E-state index contributed by atoms with van der Waals surface area (Å²) in [6.45, 7) is 13.2. The highest BCUT2D eigenvalue weighted by Crippen LogP contribution is 2.71. The Hall–Kier alpha value is -1.14. The van der Waals surface area contributed by atoms with Gasteiger partial charge in [0.2, 0.25) is 5.91 Å². The number of carboxylic acid groups (broad SMARTS) is 1. The molecule has 4 aliphatic rings. The molecule has 4 saturated carbocycles. The molecule has 0 aromatic carbocycles. The number of aliphatic carboxylic acids is 1. The Balaban J connectivity index is 1.56. The van der Waals surface area contributed by atoms with Crippen LogP contribution >= 0.6 is 0 Å². The van der Waals surface area contributed by atoms with E-state index < -0.39 is 11.6 Å². The molecule has 4 unspecified atom stereocenters. The van der Waals surface area contributed by atoms with Crippen LogP contribution in [-0.4, -0.2) is 45.4 Å². The molecule has 4 N–H and O–H groups in total. The van der Waals surface area contributed by atoms with Crippen molar-refractivity contribution in [3.05, 3.63) is 0 Å². The van der Waals surface area contributed by atoms with Crippen molar-refractivity contribution in [1.29, 1.82) is 0 Å². The van der Waals surface area contributed by atoms with Crippen LogP contribution in [0.3, 0.4) is 0 Å². The summed E-state index contributed by atoms with van der Waals surface area (Å²) in [6, 6.07) is 0. The minimum atomic E-state index is -1.01. The second-order valence-electron chi connectivity index (χ2n) is 14.0. The van der Waals surface area contributed by atoms with Gasteiger partial charge in [0, 0.05) is 5.92 Å². The van der Waals surface area contributed by atoms with E-state index in [9.17, 15) is 19.8 Å². The van der Waals surface area contributed by atoms with Crippen LogP contribution in [0.5, 0.6) is 0 Å². The fourth-order valence-corrected chi connectivity index (χ4v) is 10.6. The van der Waals surface area contributed by atoms with E-state index in [1.807, 2.05) is 6.92 Å². The second kappa shape index (κ2) is 9.87. The van der Waals surface area contributed by atoms with Gasteiger partial charge in [-0.05, 0) is 111 Å². The first-order chi connectivity index (χ1) is 16.8. The smallest absolute Gasteiger partial charge is 0.322 e. The van der Waals surface area contributed by atoms with Gasteiger partial charge in [0.15, 0.2) is 0 Å². The second-order valence-corrected chi connectivity index (χ2v) is 14.0. The lowest BCUT2D eigenvalue weighted by atomic mass is 9.38. The van der Waals surface area contributed by atoms with Crippen LogP contribution in [0, 0.1) is 58.2 Å². The van der Waals surface area contributed by atoms with Gasteiger partial charge >= 0.3 is 5.97 Å². The minimum absolute atomic E-state index is 0.150. The largest absolute Gasteiger partial charge is 0.480 e. The first-order valence-electron chi connectivity index (χ1n) is 14.7. The molecular weight excluding hydrogens is 454 g/mol. The van der Waals surface area contributed by atoms with Crippen LogP contribution in [0.25, 0.3) is 0 Å². The summed E-state index contributed by atoms with van der Waals surface area (Å²) in [5.74, 6) is 1.34.